The summed E-state index contributed by atoms with van der Waals surface area (Å²) < 4.78 is 39.4. The second-order valence-electron chi connectivity index (χ2n) is 7.93. The second kappa shape index (κ2) is 10.3. The van der Waals surface area contributed by atoms with E-state index in [1.165, 1.54) is 24.3 Å². The number of anilines is 3. The highest BCUT2D eigenvalue weighted by atomic mass is 35.5. The molecule has 1 fully saturated rings. The summed E-state index contributed by atoms with van der Waals surface area (Å²) in [6.45, 7) is 2.73. The van der Waals surface area contributed by atoms with Gasteiger partial charge in [-0.1, -0.05) is 11.6 Å². The van der Waals surface area contributed by atoms with Crippen LogP contribution in [0.25, 0.3) is 11.0 Å². The number of hydrogen-bond donors (Lipinski definition) is 2. The Morgan fingerprint density at radius 3 is 2.39 bits per heavy atom. The van der Waals surface area contributed by atoms with E-state index in [0.717, 1.165) is 31.0 Å². The fourth-order valence-corrected chi connectivity index (χ4v) is 3.76. The Balaban J connectivity index is 1.27. The smallest absolute Gasteiger partial charge is 0.323 e. The standard InChI is InChI=1S/C25H20ClF2N5O3/c26-18-4-1-15(11-19(18)27)30-25(34)31-16-2-6-23(20(28)12-16)36-17-3-5-21-22(13-17)32-24(14-29-21)33-7-9-35-10-8-33/h1-6,11-14H,7-10H2,(H2,30,31,34). The molecular formula is C25H20ClF2N5O3. The first-order valence-corrected chi connectivity index (χ1v) is 11.4. The monoisotopic (exact) mass is 511 g/mol. The molecule has 0 saturated carbocycles. The Morgan fingerprint density at radius 1 is 0.944 bits per heavy atom. The van der Waals surface area contributed by atoms with Gasteiger partial charge >= 0.3 is 6.03 Å². The zero-order valence-electron chi connectivity index (χ0n) is 18.8. The number of aromatic nitrogens is 2. The van der Waals surface area contributed by atoms with Crippen molar-refractivity contribution in [1.82, 2.24) is 9.97 Å². The molecule has 0 spiro atoms. The summed E-state index contributed by atoms with van der Waals surface area (Å²) in [6, 6.07) is 12.3. The Labute approximate surface area is 209 Å². The van der Waals surface area contributed by atoms with Crippen LogP contribution in [0.2, 0.25) is 5.02 Å². The number of carbonyl (C=O) groups excluding carboxylic acids is 1. The van der Waals surface area contributed by atoms with Crippen LogP contribution in [-0.4, -0.2) is 42.3 Å². The van der Waals surface area contributed by atoms with Crippen molar-refractivity contribution < 1.29 is 23.0 Å². The van der Waals surface area contributed by atoms with E-state index in [1.54, 1.807) is 24.4 Å². The molecule has 11 heteroatoms. The van der Waals surface area contributed by atoms with Crippen LogP contribution in [-0.2, 0) is 4.74 Å². The molecule has 1 aromatic heterocycles. The predicted molar refractivity (Wildman–Crippen MR) is 133 cm³/mol. The highest BCUT2D eigenvalue weighted by Crippen LogP contribution is 2.29. The van der Waals surface area contributed by atoms with Crippen molar-refractivity contribution in [2.75, 3.05) is 41.8 Å². The SMILES string of the molecule is O=C(Nc1ccc(Cl)c(F)c1)Nc1ccc(Oc2ccc3ncc(N4CCOCC4)nc3c2)c(F)c1. The highest BCUT2D eigenvalue weighted by Gasteiger charge is 2.14. The molecule has 184 valence electrons. The third kappa shape index (κ3) is 5.45. The number of halogens is 3. The lowest BCUT2D eigenvalue weighted by Crippen LogP contribution is -2.36. The molecule has 2 amide bonds. The van der Waals surface area contributed by atoms with E-state index in [0.29, 0.717) is 30.0 Å². The Kier molecular flexibility index (Phi) is 6.79. The first kappa shape index (κ1) is 23.7. The molecule has 0 radical (unpaired) electrons. The van der Waals surface area contributed by atoms with Gasteiger partial charge in [-0.3, -0.25) is 4.98 Å². The van der Waals surface area contributed by atoms with E-state index in [4.69, 9.17) is 21.1 Å². The molecule has 1 aliphatic rings. The van der Waals surface area contributed by atoms with Gasteiger partial charge in [0.2, 0.25) is 0 Å². The van der Waals surface area contributed by atoms with Gasteiger partial charge in [-0.2, -0.15) is 0 Å². The molecule has 0 aliphatic carbocycles. The molecule has 36 heavy (non-hydrogen) atoms. The van der Waals surface area contributed by atoms with Crippen LogP contribution in [0.4, 0.5) is 30.8 Å². The molecule has 3 aromatic carbocycles. The zero-order valence-corrected chi connectivity index (χ0v) is 19.6. The molecule has 0 atom stereocenters. The third-order valence-electron chi connectivity index (χ3n) is 5.43. The first-order valence-electron chi connectivity index (χ1n) is 11.0. The lowest BCUT2D eigenvalue weighted by molar-refractivity contribution is 0.122. The number of carbonyl (C=O) groups is 1. The fourth-order valence-electron chi connectivity index (χ4n) is 3.65. The maximum Gasteiger partial charge on any atom is 0.323 e. The maximum atomic E-state index is 14.7. The van der Waals surface area contributed by atoms with Gasteiger partial charge in [0.25, 0.3) is 0 Å². The number of amides is 2. The van der Waals surface area contributed by atoms with Crippen molar-refractivity contribution in [2.24, 2.45) is 0 Å². The summed E-state index contributed by atoms with van der Waals surface area (Å²) in [5.74, 6) is -0.253. The quantitative estimate of drug-likeness (QED) is 0.350. The van der Waals surface area contributed by atoms with Crippen LogP contribution in [0.15, 0.2) is 60.8 Å². The Hall–Kier alpha value is -4.02. The minimum absolute atomic E-state index is 0.0302. The number of rotatable bonds is 5. The molecule has 8 nitrogen and oxygen atoms in total. The molecule has 2 heterocycles. The van der Waals surface area contributed by atoms with E-state index < -0.39 is 17.7 Å². The normalized spacial score (nSPS) is 13.5. The number of nitrogens with one attached hydrogen (secondary N) is 2. The van der Waals surface area contributed by atoms with Gasteiger partial charge in [0.1, 0.15) is 17.4 Å². The lowest BCUT2D eigenvalue weighted by atomic mass is 10.2. The molecule has 5 rings (SSSR count). The topological polar surface area (TPSA) is 88.6 Å². The third-order valence-corrected chi connectivity index (χ3v) is 5.74. The summed E-state index contributed by atoms with van der Waals surface area (Å²) in [7, 11) is 0. The van der Waals surface area contributed by atoms with Crippen LogP contribution in [0, 0.1) is 11.6 Å². The van der Waals surface area contributed by atoms with E-state index in [9.17, 15) is 13.6 Å². The number of benzene rings is 3. The summed E-state index contributed by atoms with van der Waals surface area (Å²) in [6.07, 6.45) is 1.72. The van der Waals surface area contributed by atoms with E-state index in [-0.39, 0.29) is 22.1 Å². The van der Waals surface area contributed by atoms with Crippen molar-refractivity contribution >= 4 is 45.9 Å². The van der Waals surface area contributed by atoms with Crippen LogP contribution < -0.4 is 20.3 Å². The van der Waals surface area contributed by atoms with Gasteiger partial charge in [-0.15, -0.1) is 0 Å². The Bertz CT molecular complexity index is 1430. The number of morpholine rings is 1. The molecule has 4 aromatic rings. The van der Waals surface area contributed by atoms with Gasteiger partial charge < -0.3 is 25.0 Å². The van der Waals surface area contributed by atoms with Gasteiger partial charge in [0.15, 0.2) is 11.6 Å². The van der Waals surface area contributed by atoms with Gasteiger partial charge in [0.05, 0.1) is 35.5 Å². The van der Waals surface area contributed by atoms with Crippen molar-refractivity contribution in [3.63, 3.8) is 0 Å². The van der Waals surface area contributed by atoms with Crippen molar-refractivity contribution in [1.29, 1.82) is 0 Å². The molecule has 2 N–H and O–H groups in total. The average Bonchev–Trinajstić information content (AvgIpc) is 2.88. The van der Waals surface area contributed by atoms with Crippen LogP contribution in [0.3, 0.4) is 0 Å². The van der Waals surface area contributed by atoms with Crippen molar-refractivity contribution in [3.05, 3.63) is 77.5 Å². The maximum absolute atomic E-state index is 14.7. The van der Waals surface area contributed by atoms with Gasteiger partial charge in [-0.25, -0.2) is 18.6 Å². The molecule has 0 unspecified atom stereocenters. The molecule has 1 aliphatic heterocycles. The Morgan fingerprint density at radius 2 is 1.67 bits per heavy atom. The van der Waals surface area contributed by atoms with Crippen LogP contribution in [0.1, 0.15) is 0 Å². The largest absolute Gasteiger partial charge is 0.454 e. The van der Waals surface area contributed by atoms with Crippen molar-refractivity contribution in [2.45, 2.75) is 0 Å². The highest BCUT2D eigenvalue weighted by molar-refractivity contribution is 6.30. The minimum Gasteiger partial charge on any atom is -0.454 e. The van der Waals surface area contributed by atoms with E-state index in [2.05, 4.69) is 25.5 Å². The number of nitrogens with zero attached hydrogens (tertiary/aromatic N) is 3. The first-order chi connectivity index (χ1) is 17.4. The van der Waals surface area contributed by atoms with E-state index in [1.807, 2.05) is 0 Å². The lowest BCUT2D eigenvalue weighted by Gasteiger charge is -2.27. The minimum atomic E-state index is -0.682. The molecule has 1 saturated heterocycles. The van der Waals surface area contributed by atoms with Gasteiger partial charge in [0, 0.05) is 36.6 Å². The van der Waals surface area contributed by atoms with E-state index >= 15 is 0 Å². The predicted octanol–water partition coefficient (Wildman–Crippen LogP) is 5.83. The summed E-state index contributed by atoms with van der Waals surface area (Å²) >= 11 is 5.64. The molecule has 0 bridgehead atoms. The summed E-state index contributed by atoms with van der Waals surface area (Å²) in [4.78, 5) is 23.4. The number of ether oxygens (including phenoxy) is 2. The summed E-state index contributed by atoms with van der Waals surface area (Å²) in [5.41, 5.74) is 1.69. The van der Waals surface area contributed by atoms with Crippen LogP contribution in [0.5, 0.6) is 11.5 Å². The number of urea groups is 1. The average molecular weight is 512 g/mol. The van der Waals surface area contributed by atoms with Gasteiger partial charge in [-0.05, 0) is 42.5 Å². The molecular weight excluding hydrogens is 492 g/mol. The zero-order chi connectivity index (χ0) is 25.1. The fraction of sp³-hybridized carbons (Fsp3) is 0.160. The number of hydrogen-bond acceptors (Lipinski definition) is 6. The van der Waals surface area contributed by atoms with Crippen molar-refractivity contribution in [3.8, 4) is 11.5 Å². The summed E-state index contributed by atoms with van der Waals surface area (Å²) in [5, 5.41) is 4.88. The second-order valence-corrected chi connectivity index (χ2v) is 8.34. The van der Waals surface area contributed by atoms with Crippen LogP contribution >= 0.6 is 11.6 Å². The number of fused-ring (bicyclic) bond motifs is 1.